The Balaban J connectivity index is 1.98. The van der Waals surface area contributed by atoms with E-state index in [9.17, 15) is 4.79 Å². The standard InChI is InChI=1S/C20H22N2O3/c1-21-11-10-17(14-8-9-18(24-2)19(12-14)25-3)22-13-15-6-4-5-7-16(15)20(22)23/h4-9,11-12,17H,10,13H2,1-3H3. The van der Waals surface area contributed by atoms with Crippen molar-refractivity contribution in [3.63, 3.8) is 0 Å². The van der Waals surface area contributed by atoms with Gasteiger partial charge in [-0.2, -0.15) is 0 Å². The second kappa shape index (κ2) is 7.38. The zero-order valence-corrected chi connectivity index (χ0v) is 14.7. The van der Waals surface area contributed by atoms with Crippen LogP contribution < -0.4 is 9.47 Å². The lowest BCUT2D eigenvalue weighted by atomic mass is 10.0. The Hall–Kier alpha value is -2.82. The number of carbonyl (C=O) groups is 1. The van der Waals surface area contributed by atoms with Gasteiger partial charge in [0.05, 0.1) is 20.3 Å². The normalized spacial score (nSPS) is 14.7. The molecule has 130 valence electrons. The number of methoxy groups -OCH3 is 2. The molecule has 0 bridgehead atoms. The molecule has 2 aromatic rings. The van der Waals surface area contributed by atoms with Crippen LogP contribution in [0, 0.1) is 0 Å². The van der Waals surface area contributed by atoms with Crippen molar-refractivity contribution in [1.82, 2.24) is 4.90 Å². The lowest BCUT2D eigenvalue weighted by Crippen LogP contribution is -2.29. The van der Waals surface area contributed by atoms with Crippen molar-refractivity contribution >= 4 is 12.1 Å². The van der Waals surface area contributed by atoms with E-state index in [1.807, 2.05) is 53.6 Å². The van der Waals surface area contributed by atoms with Gasteiger partial charge in [-0.05, 0) is 29.3 Å². The molecule has 1 heterocycles. The fourth-order valence-corrected chi connectivity index (χ4v) is 3.24. The number of rotatable bonds is 6. The Morgan fingerprint density at radius 1 is 1.16 bits per heavy atom. The molecule has 1 aliphatic rings. The van der Waals surface area contributed by atoms with Crippen LogP contribution in [0.3, 0.4) is 0 Å². The Morgan fingerprint density at radius 2 is 1.92 bits per heavy atom. The van der Waals surface area contributed by atoms with E-state index in [0.717, 1.165) is 16.7 Å². The summed E-state index contributed by atoms with van der Waals surface area (Å²) in [5.74, 6) is 1.38. The fourth-order valence-electron chi connectivity index (χ4n) is 3.24. The molecule has 0 spiro atoms. The number of fused-ring (bicyclic) bond motifs is 1. The average molecular weight is 338 g/mol. The van der Waals surface area contributed by atoms with Gasteiger partial charge >= 0.3 is 0 Å². The molecule has 1 atom stereocenters. The van der Waals surface area contributed by atoms with Gasteiger partial charge in [-0.3, -0.25) is 4.79 Å². The first-order valence-corrected chi connectivity index (χ1v) is 8.21. The first kappa shape index (κ1) is 17.0. The van der Waals surface area contributed by atoms with E-state index < -0.39 is 0 Å². The maximum atomic E-state index is 12.9. The Bertz CT molecular complexity index is 801. The summed E-state index contributed by atoms with van der Waals surface area (Å²) in [4.78, 5) is 18.9. The van der Waals surface area contributed by atoms with Gasteiger partial charge in [-0.15, -0.1) is 0 Å². The van der Waals surface area contributed by atoms with Crippen LogP contribution in [0.2, 0.25) is 0 Å². The quantitative estimate of drug-likeness (QED) is 0.758. The van der Waals surface area contributed by atoms with E-state index in [4.69, 9.17) is 9.47 Å². The molecule has 0 N–H and O–H groups in total. The van der Waals surface area contributed by atoms with Gasteiger partial charge in [0.2, 0.25) is 0 Å². The molecule has 0 aliphatic carbocycles. The molecular weight excluding hydrogens is 316 g/mol. The number of nitrogens with zero attached hydrogens (tertiary/aromatic N) is 2. The van der Waals surface area contributed by atoms with Crippen molar-refractivity contribution in [2.24, 2.45) is 4.99 Å². The largest absolute Gasteiger partial charge is 0.493 e. The predicted octanol–water partition coefficient (Wildman–Crippen LogP) is 3.49. The highest BCUT2D eigenvalue weighted by Gasteiger charge is 2.33. The van der Waals surface area contributed by atoms with Gasteiger partial charge in [0.25, 0.3) is 5.91 Å². The summed E-state index contributed by atoms with van der Waals surface area (Å²) in [6.07, 6.45) is 2.49. The lowest BCUT2D eigenvalue weighted by Gasteiger charge is -2.28. The summed E-state index contributed by atoms with van der Waals surface area (Å²) >= 11 is 0. The fraction of sp³-hybridized carbons (Fsp3) is 0.300. The minimum atomic E-state index is -0.108. The molecule has 1 unspecified atom stereocenters. The molecule has 1 aliphatic heterocycles. The summed E-state index contributed by atoms with van der Waals surface area (Å²) in [5, 5.41) is 0. The number of hydrogen-bond donors (Lipinski definition) is 0. The van der Waals surface area contributed by atoms with Crippen LogP contribution in [-0.4, -0.2) is 38.3 Å². The van der Waals surface area contributed by atoms with Crippen molar-refractivity contribution in [3.8, 4) is 11.5 Å². The van der Waals surface area contributed by atoms with Gasteiger partial charge in [0.15, 0.2) is 11.5 Å². The molecule has 2 aromatic carbocycles. The van der Waals surface area contributed by atoms with E-state index in [2.05, 4.69) is 4.99 Å². The lowest BCUT2D eigenvalue weighted by molar-refractivity contribution is 0.0706. The maximum absolute atomic E-state index is 12.9. The number of aliphatic imine (C=N–C) groups is 1. The second-order valence-corrected chi connectivity index (χ2v) is 5.90. The van der Waals surface area contributed by atoms with Crippen LogP contribution in [0.25, 0.3) is 0 Å². The minimum absolute atomic E-state index is 0.0555. The molecule has 0 radical (unpaired) electrons. The van der Waals surface area contributed by atoms with Gasteiger partial charge < -0.3 is 19.4 Å². The van der Waals surface area contributed by atoms with Crippen molar-refractivity contribution < 1.29 is 14.3 Å². The summed E-state index contributed by atoms with van der Waals surface area (Å²) < 4.78 is 10.7. The van der Waals surface area contributed by atoms with Crippen LogP contribution in [0.4, 0.5) is 0 Å². The average Bonchev–Trinajstić information content (AvgIpc) is 2.99. The minimum Gasteiger partial charge on any atom is -0.493 e. The highest BCUT2D eigenvalue weighted by atomic mass is 16.5. The zero-order chi connectivity index (χ0) is 17.8. The molecule has 5 heteroatoms. The number of ether oxygens (including phenoxy) is 2. The molecule has 1 amide bonds. The second-order valence-electron chi connectivity index (χ2n) is 5.90. The van der Waals surface area contributed by atoms with Crippen LogP contribution in [-0.2, 0) is 6.54 Å². The molecule has 25 heavy (non-hydrogen) atoms. The van der Waals surface area contributed by atoms with Gasteiger partial charge in [0, 0.05) is 31.8 Å². The van der Waals surface area contributed by atoms with E-state index in [1.54, 1.807) is 21.3 Å². The highest BCUT2D eigenvalue weighted by molar-refractivity contribution is 5.98. The van der Waals surface area contributed by atoms with Crippen molar-refractivity contribution in [1.29, 1.82) is 0 Å². The molecule has 0 fully saturated rings. The van der Waals surface area contributed by atoms with Crippen LogP contribution >= 0.6 is 0 Å². The molecular formula is C20H22N2O3. The molecule has 0 aromatic heterocycles. The summed E-state index contributed by atoms with van der Waals surface area (Å²) in [6, 6.07) is 13.4. The van der Waals surface area contributed by atoms with Gasteiger partial charge in [0.1, 0.15) is 0 Å². The SMILES string of the molecule is CN=CCC(c1ccc(OC)c(OC)c1)N1Cc2ccccc2C1=O. The third-order valence-electron chi connectivity index (χ3n) is 4.53. The van der Waals surface area contributed by atoms with Crippen molar-refractivity contribution in [3.05, 3.63) is 59.2 Å². The monoisotopic (exact) mass is 338 g/mol. The highest BCUT2D eigenvalue weighted by Crippen LogP contribution is 2.36. The maximum Gasteiger partial charge on any atom is 0.255 e. The first-order chi connectivity index (χ1) is 12.2. The van der Waals surface area contributed by atoms with Crippen molar-refractivity contribution in [2.75, 3.05) is 21.3 Å². The zero-order valence-electron chi connectivity index (χ0n) is 14.7. The Labute approximate surface area is 147 Å². The first-order valence-electron chi connectivity index (χ1n) is 8.21. The molecule has 0 saturated carbocycles. The van der Waals surface area contributed by atoms with Crippen LogP contribution in [0.5, 0.6) is 11.5 Å². The Kier molecular flexibility index (Phi) is 5.03. The van der Waals surface area contributed by atoms with E-state index >= 15 is 0 Å². The predicted molar refractivity (Wildman–Crippen MR) is 97.6 cm³/mol. The summed E-state index contributed by atoms with van der Waals surface area (Å²) in [6.45, 7) is 0.603. The third kappa shape index (κ3) is 3.22. The third-order valence-corrected chi connectivity index (χ3v) is 4.53. The Morgan fingerprint density at radius 3 is 2.60 bits per heavy atom. The van der Waals surface area contributed by atoms with Gasteiger partial charge in [-0.1, -0.05) is 24.3 Å². The molecule has 3 rings (SSSR count). The smallest absolute Gasteiger partial charge is 0.255 e. The van der Waals surface area contributed by atoms with E-state index in [1.165, 1.54) is 0 Å². The van der Waals surface area contributed by atoms with E-state index in [0.29, 0.717) is 24.5 Å². The number of carbonyl (C=O) groups excluding carboxylic acids is 1. The molecule has 5 nitrogen and oxygen atoms in total. The topological polar surface area (TPSA) is 51.1 Å². The summed E-state index contributed by atoms with van der Waals surface area (Å²) in [7, 11) is 4.96. The molecule has 0 saturated heterocycles. The van der Waals surface area contributed by atoms with Crippen LogP contribution in [0.1, 0.15) is 33.9 Å². The van der Waals surface area contributed by atoms with Crippen LogP contribution in [0.15, 0.2) is 47.5 Å². The van der Waals surface area contributed by atoms with Gasteiger partial charge in [-0.25, -0.2) is 0 Å². The number of amides is 1. The van der Waals surface area contributed by atoms with Crippen molar-refractivity contribution in [2.45, 2.75) is 19.0 Å². The summed E-state index contributed by atoms with van der Waals surface area (Å²) in [5.41, 5.74) is 2.84. The number of benzene rings is 2. The number of hydrogen-bond acceptors (Lipinski definition) is 4. The van der Waals surface area contributed by atoms with E-state index in [-0.39, 0.29) is 11.9 Å².